The van der Waals surface area contributed by atoms with Crippen LogP contribution in [0.4, 0.5) is 0 Å². The first-order valence-corrected chi connectivity index (χ1v) is 11.2. The van der Waals surface area contributed by atoms with E-state index in [0.29, 0.717) is 41.1 Å². The molecule has 1 aliphatic heterocycles. The zero-order valence-corrected chi connectivity index (χ0v) is 19.1. The SMILES string of the molecule is COc1ccc(Cn2c(=O)c3cnn(C4CCOCC4)c3c3ccc(B(O)O)cc32)c(OC)c1. The molecule has 4 aromatic rings. The molecule has 3 heterocycles. The molecule has 0 saturated carbocycles. The first kappa shape index (κ1) is 22.5. The zero-order valence-electron chi connectivity index (χ0n) is 19.1. The number of methoxy groups -OCH3 is 2. The van der Waals surface area contributed by atoms with Crippen molar-refractivity contribution in [1.82, 2.24) is 14.3 Å². The summed E-state index contributed by atoms with van der Waals surface area (Å²) in [7, 11) is 1.50. The van der Waals surface area contributed by atoms with E-state index in [-0.39, 0.29) is 18.1 Å². The molecule has 10 heteroatoms. The molecule has 0 radical (unpaired) electrons. The zero-order chi connectivity index (χ0) is 23.8. The molecule has 0 aliphatic carbocycles. The van der Waals surface area contributed by atoms with Crippen molar-refractivity contribution >= 4 is 34.4 Å². The molecule has 1 aliphatic rings. The van der Waals surface area contributed by atoms with Crippen LogP contribution in [0.1, 0.15) is 24.4 Å². The smallest absolute Gasteiger partial charge is 0.488 e. The Morgan fingerprint density at radius 1 is 1.09 bits per heavy atom. The number of benzene rings is 2. The van der Waals surface area contributed by atoms with Crippen molar-refractivity contribution in [1.29, 1.82) is 0 Å². The fourth-order valence-electron chi connectivity index (χ4n) is 4.69. The monoisotopic (exact) mass is 463 g/mol. The quantitative estimate of drug-likeness (QED) is 0.417. The highest BCUT2D eigenvalue weighted by Crippen LogP contribution is 2.30. The van der Waals surface area contributed by atoms with Gasteiger partial charge in [0.2, 0.25) is 0 Å². The molecule has 0 bridgehead atoms. The first-order chi connectivity index (χ1) is 16.5. The van der Waals surface area contributed by atoms with Gasteiger partial charge in [0.25, 0.3) is 5.56 Å². The Hall–Kier alpha value is -3.34. The Bertz CT molecular complexity index is 1410. The summed E-state index contributed by atoms with van der Waals surface area (Å²) in [5, 5.41) is 25.5. The van der Waals surface area contributed by atoms with Crippen molar-refractivity contribution in [3.63, 3.8) is 0 Å². The third-order valence-electron chi connectivity index (χ3n) is 6.50. The molecule has 2 N–H and O–H groups in total. The van der Waals surface area contributed by atoms with Crippen LogP contribution in [0.5, 0.6) is 11.5 Å². The molecule has 0 unspecified atom stereocenters. The molecule has 9 nitrogen and oxygen atoms in total. The van der Waals surface area contributed by atoms with Crippen LogP contribution >= 0.6 is 0 Å². The molecule has 2 aromatic heterocycles. The van der Waals surface area contributed by atoms with Crippen LogP contribution in [-0.4, -0.2) is 58.9 Å². The third-order valence-corrected chi connectivity index (χ3v) is 6.50. The second kappa shape index (κ2) is 9.13. The van der Waals surface area contributed by atoms with Crippen molar-refractivity contribution in [2.24, 2.45) is 0 Å². The number of hydrogen-bond acceptors (Lipinski definition) is 7. The van der Waals surface area contributed by atoms with Gasteiger partial charge in [-0.1, -0.05) is 12.1 Å². The molecule has 176 valence electrons. The van der Waals surface area contributed by atoms with E-state index in [1.54, 1.807) is 43.2 Å². The van der Waals surface area contributed by atoms with Crippen molar-refractivity contribution in [2.75, 3.05) is 27.4 Å². The summed E-state index contributed by atoms with van der Waals surface area (Å²) in [5.74, 6) is 1.24. The van der Waals surface area contributed by atoms with Crippen LogP contribution in [0.15, 0.2) is 47.4 Å². The molecule has 0 spiro atoms. The number of pyridine rings is 1. The molecule has 1 fully saturated rings. The number of nitrogens with zero attached hydrogens (tertiary/aromatic N) is 3. The van der Waals surface area contributed by atoms with Gasteiger partial charge in [-0.2, -0.15) is 5.10 Å². The average Bonchev–Trinajstić information content (AvgIpc) is 3.32. The predicted octanol–water partition coefficient (Wildman–Crippen LogP) is 1.45. The van der Waals surface area contributed by atoms with Gasteiger partial charge in [-0.15, -0.1) is 0 Å². The molecular formula is C24H26BN3O6. The van der Waals surface area contributed by atoms with Gasteiger partial charge in [0.05, 0.1) is 49.4 Å². The highest BCUT2D eigenvalue weighted by molar-refractivity contribution is 6.58. The summed E-state index contributed by atoms with van der Waals surface area (Å²) in [4.78, 5) is 13.7. The van der Waals surface area contributed by atoms with Gasteiger partial charge in [-0.05, 0) is 36.5 Å². The standard InChI is InChI=1S/C24H26BN3O6/c1-32-18-5-3-15(22(12-18)33-2)14-27-21-11-16(25(30)31)4-6-19(21)23-20(24(27)29)13-26-28(23)17-7-9-34-10-8-17/h3-6,11-13,17,30-31H,7-10,14H2,1-2H3. The largest absolute Gasteiger partial charge is 0.497 e. The number of ether oxygens (including phenoxy) is 3. The molecule has 2 aromatic carbocycles. The van der Waals surface area contributed by atoms with E-state index in [4.69, 9.17) is 14.2 Å². The lowest BCUT2D eigenvalue weighted by Gasteiger charge is -2.24. The Morgan fingerprint density at radius 3 is 2.59 bits per heavy atom. The molecule has 34 heavy (non-hydrogen) atoms. The minimum Gasteiger partial charge on any atom is -0.497 e. The highest BCUT2D eigenvalue weighted by Gasteiger charge is 2.24. The van der Waals surface area contributed by atoms with Gasteiger partial charge in [0.15, 0.2) is 0 Å². The summed E-state index contributed by atoms with van der Waals surface area (Å²) in [5.41, 5.74) is 2.23. The average molecular weight is 463 g/mol. The van der Waals surface area contributed by atoms with Crippen LogP contribution in [0.25, 0.3) is 21.8 Å². The van der Waals surface area contributed by atoms with Crippen LogP contribution in [0.2, 0.25) is 0 Å². The third kappa shape index (κ3) is 3.83. The fourth-order valence-corrected chi connectivity index (χ4v) is 4.69. The molecular weight excluding hydrogens is 437 g/mol. The normalized spacial score (nSPS) is 14.6. The predicted molar refractivity (Wildman–Crippen MR) is 129 cm³/mol. The van der Waals surface area contributed by atoms with E-state index in [2.05, 4.69) is 5.10 Å². The number of aromatic nitrogens is 3. The van der Waals surface area contributed by atoms with Crippen molar-refractivity contribution in [3.8, 4) is 11.5 Å². The lowest BCUT2D eigenvalue weighted by Crippen LogP contribution is -2.31. The topological polar surface area (TPSA) is 108 Å². The summed E-state index contributed by atoms with van der Waals surface area (Å²) in [6.07, 6.45) is 3.26. The maximum absolute atomic E-state index is 13.7. The lowest BCUT2D eigenvalue weighted by molar-refractivity contribution is 0.0675. The number of fused-ring (bicyclic) bond motifs is 3. The van der Waals surface area contributed by atoms with E-state index in [1.807, 2.05) is 22.9 Å². The van der Waals surface area contributed by atoms with Crippen molar-refractivity contribution < 1.29 is 24.3 Å². The Labute approximate surface area is 196 Å². The van der Waals surface area contributed by atoms with Crippen LogP contribution in [0.3, 0.4) is 0 Å². The first-order valence-electron chi connectivity index (χ1n) is 11.2. The minimum absolute atomic E-state index is 0.134. The van der Waals surface area contributed by atoms with E-state index in [1.165, 1.54) is 0 Å². The van der Waals surface area contributed by atoms with Gasteiger partial charge < -0.3 is 28.8 Å². The second-order valence-electron chi connectivity index (χ2n) is 8.41. The van der Waals surface area contributed by atoms with Crippen molar-refractivity contribution in [3.05, 3.63) is 58.5 Å². The Kier molecular flexibility index (Phi) is 6.03. The second-order valence-corrected chi connectivity index (χ2v) is 8.41. The van der Waals surface area contributed by atoms with Crippen LogP contribution in [-0.2, 0) is 11.3 Å². The molecule has 0 atom stereocenters. The summed E-state index contributed by atoms with van der Waals surface area (Å²) in [6.45, 7) is 1.53. The van der Waals surface area contributed by atoms with E-state index in [9.17, 15) is 14.8 Å². The van der Waals surface area contributed by atoms with Gasteiger partial charge in [0.1, 0.15) is 11.5 Å². The fraction of sp³-hybridized carbons (Fsp3) is 0.333. The minimum atomic E-state index is -1.65. The summed E-state index contributed by atoms with van der Waals surface area (Å²) in [6, 6.07) is 10.7. The summed E-state index contributed by atoms with van der Waals surface area (Å²) >= 11 is 0. The molecule has 5 rings (SSSR count). The number of rotatable bonds is 6. The van der Waals surface area contributed by atoms with E-state index < -0.39 is 7.12 Å². The molecule has 1 saturated heterocycles. The van der Waals surface area contributed by atoms with Crippen LogP contribution < -0.4 is 20.5 Å². The van der Waals surface area contributed by atoms with Gasteiger partial charge in [-0.3, -0.25) is 9.48 Å². The Morgan fingerprint density at radius 2 is 1.88 bits per heavy atom. The highest BCUT2D eigenvalue weighted by atomic mass is 16.5. The maximum atomic E-state index is 13.7. The van der Waals surface area contributed by atoms with Crippen molar-refractivity contribution in [2.45, 2.75) is 25.4 Å². The van der Waals surface area contributed by atoms with Gasteiger partial charge in [-0.25, -0.2) is 0 Å². The Balaban J connectivity index is 1.75. The number of hydrogen-bond donors (Lipinski definition) is 2. The molecule has 0 amide bonds. The summed E-state index contributed by atoms with van der Waals surface area (Å²) < 4.78 is 19.9. The van der Waals surface area contributed by atoms with Crippen LogP contribution in [0, 0.1) is 0 Å². The van der Waals surface area contributed by atoms with E-state index in [0.717, 1.165) is 29.3 Å². The van der Waals surface area contributed by atoms with E-state index >= 15 is 0 Å². The van der Waals surface area contributed by atoms with Gasteiger partial charge >= 0.3 is 7.12 Å². The maximum Gasteiger partial charge on any atom is 0.488 e. The van der Waals surface area contributed by atoms with Gasteiger partial charge in [0, 0.05) is 30.2 Å². The lowest BCUT2D eigenvalue weighted by atomic mass is 9.80.